The molecular formula is C11H24N2S. The highest BCUT2D eigenvalue weighted by atomic mass is 32.2. The Labute approximate surface area is 92.8 Å². The summed E-state index contributed by atoms with van der Waals surface area (Å²) in [5, 5.41) is 4.47. The van der Waals surface area contributed by atoms with Crippen molar-refractivity contribution in [2.45, 2.75) is 37.5 Å². The molecule has 0 aromatic rings. The van der Waals surface area contributed by atoms with E-state index in [1.165, 1.54) is 31.6 Å². The zero-order valence-corrected chi connectivity index (χ0v) is 10.6. The Morgan fingerprint density at radius 1 is 1.36 bits per heavy atom. The molecular weight excluding hydrogens is 192 g/mol. The molecule has 1 N–H and O–H groups in total. The highest BCUT2D eigenvalue weighted by Gasteiger charge is 2.26. The van der Waals surface area contributed by atoms with Gasteiger partial charge < -0.3 is 10.2 Å². The summed E-state index contributed by atoms with van der Waals surface area (Å²) in [7, 11) is 4.30. The van der Waals surface area contributed by atoms with E-state index in [4.69, 9.17) is 0 Å². The van der Waals surface area contributed by atoms with Crippen molar-refractivity contribution in [1.82, 2.24) is 10.2 Å². The molecule has 0 bridgehead atoms. The predicted octanol–water partition coefficient (Wildman–Crippen LogP) is 1.81. The maximum Gasteiger partial charge on any atom is 0.0201 e. The lowest BCUT2D eigenvalue weighted by molar-refractivity contribution is 0.437. The standard InChI is InChI=1S/C11H24N2S/c1-4-12-10-6-5-7-11(10)14-9-8-13(2)3/h10-12H,4-9H2,1-3H3. The van der Waals surface area contributed by atoms with Crippen LogP contribution < -0.4 is 5.32 Å². The van der Waals surface area contributed by atoms with Crippen molar-refractivity contribution < 1.29 is 0 Å². The van der Waals surface area contributed by atoms with Crippen LogP contribution in [-0.2, 0) is 0 Å². The van der Waals surface area contributed by atoms with Gasteiger partial charge in [-0.1, -0.05) is 13.3 Å². The molecule has 2 nitrogen and oxygen atoms in total. The van der Waals surface area contributed by atoms with Crippen LogP contribution in [0, 0.1) is 0 Å². The fraction of sp³-hybridized carbons (Fsp3) is 1.00. The molecule has 0 amide bonds. The second kappa shape index (κ2) is 6.70. The lowest BCUT2D eigenvalue weighted by atomic mass is 10.2. The van der Waals surface area contributed by atoms with Gasteiger partial charge in [-0.25, -0.2) is 0 Å². The van der Waals surface area contributed by atoms with E-state index in [2.05, 4.69) is 43.0 Å². The molecule has 0 radical (unpaired) electrons. The fourth-order valence-electron chi connectivity index (χ4n) is 2.01. The summed E-state index contributed by atoms with van der Waals surface area (Å²) in [4.78, 5) is 2.27. The Kier molecular flexibility index (Phi) is 5.90. The molecule has 84 valence electrons. The number of rotatable bonds is 6. The van der Waals surface area contributed by atoms with E-state index in [0.717, 1.165) is 17.8 Å². The number of nitrogens with zero attached hydrogens (tertiary/aromatic N) is 1. The third-order valence-electron chi connectivity index (χ3n) is 2.79. The van der Waals surface area contributed by atoms with E-state index in [1.807, 2.05) is 0 Å². The summed E-state index contributed by atoms with van der Waals surface area (Å²) in [5.74, 6) is 1.28. The van der Waals surface area contributed by atoms with Crippen molar-refractivity contribution in [3.8, 4) is 0 Å². The summed E-state index contributed by atoms with van der Waals surface area (Å²) in [6, 6.07) is 0.784. The highest BCUT2D eigenvalue weighted by Crippen LogP contribution is 2.29. The Morgan fingerprint density at radius 3 is 2.79 bits per heavy atom. The van der Waals surface area contributed by atoms with Gasteiger partial charge in [0, 0.05) is 23.6 Å². The van der Waals surface area contributed by atoms with Crippen molar-refractivity contribution in [3.05, 3.63) is 0 Å². The lowest BCUT2D eigenvalue weighted by Gasteiger charge is -2.20. The summed E-state index contributed by atoms with van der Waals surface area (Å²) >= 11 is 2.16. The molecule has 1 aliphatic carbocycles. The Morgan fingerprint density at radius 2 is 2.14 bits per heavy atom. The van der Waals surface area contributed by atoms with E-state index < -0.39 is 0 Å². The Bertz CT molecular complexity index is 150. The number of hydrogen-bond acceptors (Lipinski definition) is 3. The first-order chi connectivity index (χ1) is 6.74. The molecule has 0 aromatic heterocycles. The van der Waals surface area contributed by atoms with Gasteiger partial charge in [-0.2, -0.15) is 11.8 Å². The van der Waals surface area contributed by atoms with Gasteiger partial charge in [0.25, 0.3) is 0 Å². The monoisotopic (exact) mass is 216 g/mol. The molecule has 0 heterocycles. The van der Waals surface area contributed by atoms with E-state index in [-0.39, 0.29) is 0 Å². The zero-order chi connectivity index (χ0) is 10.4. The van der Waals surface area contributed by atoms with Crippen molar-refractivity contribution >= 4 is 11.8 Å². The largest absolute Gasteiger partial charge is 0.313 e. The maximum atomic E-state index is 3.60. The average molecular weight is 216 g/mol. The van der Waals surface area contributed by atoms with Crippen LogP contribution >= 0.6 is 11.8 Å². The quantitative estimate of drug-likeness (QED) is 0.729. The summed E-state index contributed by atoms with van der Waals surface area (Å²) < 4.78 is 0. The van der Waals surface area contributed by atoms with Crippen molar-refractivity contribution in [3.63, 3.8) is 0 Å². The molecule has 1 fully saturated rings. The third-order valence-corrected chi connectivity index (χ3v) is 4.20. The van der Waals surface area contributed by atoms with Crippen LogP contribution in [0.5, 0.6) is 0 Å². The summed E-state index contributed by atoms with van der Waals surface area (Å²) in [6.07, 6.45) is 4.21. The van der Waals surface area contributed by atoms with Crippen molar-refractivity contribution in [2.24, 2.45) is 0 Å². The van der Waals surface area contributed by atoms with Gasteiger partial charge in [0.05, 0.1) is 0 Å². The van der Waals surface area contributed by atoms with Crippen LogP contribution in [0.2, 0.25) is 0 Å². The van der Waals surface area contributed by atoms with Gasteiger partial charge in [-0.05, 0) is 33.5 Å². The minimum atomic E-state index is 0.784. The third kappa shape index (κ3) is 4.20. The van der Waals surface area contributed by atoms with Crippen LogP contribution in [0.4, 0.5) is 0 Å². The van der Waals surface area contributed by atoms with Crippen LogP contribution in [0.3, 0.4) is 0 Å². The first kappa shape index (κ1) is 12.3. The molecule has 1 saturated carbocycles. The predicted molar refractivity (Wildman–Crippen MR) is 66.1 cm³/mol. The molecule has 2 atom stereocenters. The van der Waals surface area contributed by atoms with Gasteiger partial charge in [0.1, 0.15) is 0 Å². The van der Waals surface area contributed by atoms with E-state index in [9.17, 15) is 0 Å². The fourth-order valence-corrected chi connectivity index (χ4v) is 3.58. The van der Waals surface area contributed by atoms with Gasteiger partial charge in [0.2, 0.25) is 0 Å². The molecule has 0 aromatic carbocycles. The molecule has 1 aliphatic rings. The van der Waals surface area contributed by atoms with E-state index in [1.54, 1.807) is 0 Å². The van der Waals surface area contributed by atoms with Gasteiger partial charge in [-0.15, -0.1) is 0 Å². The highest BCUT2D eigenvalue weighted by molar-refractivity contribution is 8.00. The SMILES string of the molecule is CCNC1CCCC1SCCN(C)C. The minimum Gasteiger partial charge on any atom is -0.313 e. The molecule has 0 saturated heterocycles. The van der Waals surface area contributed by atoms with Gasteiger partial charge in [-0.3, -0.25) is 0 Å². The zero-order valence-electron chi connectivity index (χ0n) is 9.75. The normalized spacial score (nSPS) is 27.4. The lowest BCUT2D eigenvalue weighted by Crippen LogP contribution is -2.34. The molecule has 3 heteroatoms. The van der Waals surface area contributed by atoms with Crippen LogP contribution in [0.25, 0.3) is 0 Å². The first-order valence-electron chi connectivity index (χ1n) is 5.73. The number of thioether (sulfide) groups is 1. The maximum absolute atomic E-state index is 3.60. The van der Waals surface area contributed by atoms with Crippen LogP contribution in [0.1, 0.15) is 26.2 Å². The minimum absolute atomic E-state index is 0.784. The number of hydrogen-bond donors (Lipinski definition) is 1. The molecule has 1 rings (SSSR count). The van der Waals surface area contributed by atoms with Crippen molar-refractivity contribution in [1.29, 1.82) is 0 Å². The molecule has 2 unspecified atom stereocenters. The smallest absolute Gasteiger partial charge is 0.0201 e. The summed E-state index contributed by atoms with van der Waals surface area (Å²) in [5.41, 5.74) is 0. The van der Waals surface area contributed by atoms with Gasteiger partial charge in [0.15, 0.2) is 0 Å². The first-order valence-corrected chi connectivity index (χ1v) is 6.78. The van der Waals surface area contributed by atoms with E-state index in [0.29, 0.717) is 0 Å². The number of nitrogens with one attached hydrogen (secondary N) is 1. The van der Waals surface area contributed by atoms with Crippen LogP contribution in [0.15, 0.2) is 0 Å². The second-order valence-electron chi connectivity index (χ2n) is 4.31. The van der Waals surface area contributed by atoms with E-state index >= 15 is 0 Å². The van der Waals surface area contributed by atoms with Crippen molar-refractivity contribution in [2.75, 3.05) is 32.9 Å². The Balaban J connectivity index is 2.15. The molecule has 0 aliphatic heterocycles. The van der Waals surface area contributed by atoms with Gasteiger partial charge >= 0.3 is 0 Å². The molecule has 14 heavy (non-hydrogen) atoms. The second-order valence-corrected chi connectivity index (χ2v) is 5.65. The van der Waals surface area contributed by atoms with Crippen LogP contribution in [-0.4, -0.2) is 49.1 Å². The average Bonchev–Trinajstić information content (AvgIpc) is 2.53. The topological polar surface area (TPSA) is 15.3 Å². The Hall–Kier alpha value is 0.270. The summed E-state index contributed by atoms with van der Waals surface area (Å²) in [6.45, 7) is 4.54. The molecule has 0 spiro atoms.